The number of carboxylic acid groups (broad SMARTS) is 1. The number of aromatic carboxylic acids is 1. The summed E-state index contributed by atoms with van der Waals surface area (Å²) >= 11 is 0. The molecule has 3 aromatic heterocycles. The van der Waals surface area contributed by atoms with Gasteiger partial charge in [-0.1, -0.05) is 5.16 Å². The number of hydrogen-bond donors (Lipinski definition) is 3. The van der Waals surface area contributed by atoms with Crippen LogP contribution in [0.25, 0.3) is 11.0 Å². The van der Waals surface area contributed by atoms with Gasteiger partial charge in [-0.25, -0.2) is 14.8 Å². The van der Waals surface area contributed by atoms with E-state index in [9.17, 15) is 4.79 Å². The summed E-state index contributed by atoms with van der Waals surface area (Å²) < 4.78 is 10.3. The fourth-order valence-corrected chi connectivity index (χ4v) is 3.18. The number of aromatic nitrogens is 3. The molecule has 156 valence electrons. The SMILES string of the molecule is COc1cnc2c(NCC3NN=C4C=CC(c5cc(C(=O)O)no5)=NN43)ccnc2c1. The van der Waals surface area contributed by atoms with Crippen LogP contribution in [-0.4, -0.2) is 62.6 Å². The number of hydrogen-bond acceptors (Lipinski definition) is 11. The molecule has 31 heavy (non-hydrogen) atoms. The summed E-state index contributed by atoms with van der Waals surface area (Å²) in [5.41, 5.74) is 5.52. The predicted octanol–water partition coefficient (Wildman–Crippen LogP) is 1.26. The van der Waals surface area contributed by atoms with Gasteiger partial charge in [0.1, 0.15) is 17.0 Å². The van der Waals surface area contributed by atoms with E-state index in [1.807, 2.05) is 12.1 Å². The summed E-state index contributed by atoms with van der Waals surface area (Å²) in [4.78, 5) is 19.8. The molecule has 12 heteroatoms. The maximum Gasteiger partial charge on any atom is 0.358 e. The van der Waals surface area contributed by atoms with Gasteiger partial charge < -0.3 is 19.7 Å². The molecular weight excluding hydrogens is 404 g/mol. The fourth-order valence-electron chi connectivity index (χ4n) is 3.18. The van der Waals surface area contributed by atoms with Crippen LogP contribution < -0.4 is 15.5 Å². The van der Waals surface area contributed by atoms with Gasteiger partial charge in [-0.15, -0.1) is 0 Å². The number of pyridine rings is 2. The number of rotatable bonds is 6. The van der Waals surface area contributed by atoms with Crippen molar-refractivity contribution in [3.05, 3.63) is 54.2 Å². The van der Waals surface area contributed by atoms with Crippen LogP contribution in [0.3, 0.4) is 0 Å². The Bertz CT molecular complexity index is 1260. The van der Waals surface area contributed by atoms with E-state index in [1.54, 1.807) is 36.7 Å². The van der Waals surface area contributed by atoms with E-state index in [4.69, 9.17) is 14.4 Å². The quantitative estimate of drug-likeness (QED) is 0.531. The molecule has 0 radical (unpaired) electrons. The smallest absolute Gasteiger partial charge is 0.358 e. The molecule has 0 amide bonds. The number of allylic oxidation sites excluding steroid dienone is 1. The van der Waals surface area contributed by atoms with Crippen LogP contribution in [0.5, 0.6) is 5.75 Å². The Morgan fingerprint density at radius 3 is 3.06 bits per heavy atom. The number of nitrogens with one attached hydrogen (secondary N) is 2. The van der Waals surface area contributed by atoms with Gasteiger partial charge >= 0.3 is 5.97 Å². The first kappa shape index (κ1) is 18.5. The third-order valence-corrected chi connectivity index (χ3v) is 4.72. The molecule has 0 aliphatic carbocycles. The van der Waals surface area contributed by atoms with E-state index in [-0.39, 0.29) is 17.6 Å². The van der Waals surface area contributed by atoms with Crippen molar-refractivity contribution in [2.45, 2.75) is 6.17 Å². The van der Waals surface area contributed by atoms with Crippen molar-refractivity contribution >= 4 is 34.2 Å². The van der Waals surface area contributed by atoms with Gasteiger partial charge in [-0.05, 0) is 18.2 Å². The molecule has 5 rings (SSSR count). The van der Waals surface area contributed by atoms with E-state index in [0.29, 0.717) is 34.9 Å². The van der Waals surface area contributed by atoms with Crippen LogP contribution in [0, 0.1) is 0 Å². The minimum absolute atomic E-state index is 0.183. The Morgan fingerprint density at radius 2 is 2.26 bits per heavy atom. The summed E-state index contributed by atoms with van der Waals surface area (Å²) in [6.07, 6.45) is 6.48. The van der Waals surface area contributed by atoms with Crippen molar-refractivity contribution in [3.63, 3.8) is 0 Å². The van der Waals surface area contributed by atoms with Crippen molar-refractivity contribution in [2.75, 3.05) is 19.0 Å². The van der Waals surface area contributed by atoms with Crippen LogP contribution in [0.2, 0.25) is 0 Å². The molecule has 0 aromatic carbocycles. The number of carbonyl (C=O) groups is 1. The highest BCUT2D eigenvalue weighted by Crippen LogP contribution is 2.23. The largest absolute Gasteiger partial charge is 0.495 e. The lowest BCUT2D eigenvalue weighted by Gasteiger charge is -2.24. The first-order valence-electron chi connectivity index (χ1n) is 9.24. The molecule has 3 aromatic rings. The predicted molar refractivity (Wildman–Crippen MR) is 110 cm³/mol. The van der Waals surface area contributed by atoms with Gasteiger partial charge in [0.05, 0.1) is 31.1 Å². The first-order chi connectivity index (χ1) is 15.1. The highest BCUT2D eigenvalue weighted by atomic mass is 16.5. The molecule has 1 unspecified atom stereocenters. The molecule has 5 heterocycles. The molecule has 0 bridgehead atoms. The average molecular weight is 420 g/mol. The summed E-state index contributed by atoms with van der Waals surface area (Å²) in [6, 6.07) is 4.98. The van der Waals surface area contributed by atoms with Crippen LogP contribution in [0.15, 0.2) is 57.5 Å². The maximum atomic E-state index is 11.0. The van der Waals surface area contributed by atoms with Gasteiger partial charge in [0.25, 0.3) is 0 Å². The monoisotopic (exact) mass is 420 g/mol. The second kappa shape index (κ2) is 7.40. The molecule has 2 aliphatic rings. The Hall–Kier alpha value is -4.48. The zero-order chi connectivity index (χ0) is 21.4. The highest BCUT2D eigenvalue weighted by molar-refractivity contribution is 6.13. The number of nitrogens with zero attached hydrogens (tertiary/aromatic N) is 6. The highest BCUT2D eigenvalue weighted by Gasteiger charge is 2.30. The summed E-state index contributed by atoms with van der Waals surface area (Å²) in [5, 5.41) is 26.4. The number of amidine groups is 1. The summed E-state index contributed by atoms with van der Waals surface area (Å²) in [7, 11) is 1.58. The molecule has 3 N–H and O–H groups in total. The third-order valence-electron chi connectivity index (χ3n) is 4.72. The number of hydrazone groups is 2. The molecule has 1 atom stereocenters. The number of carboxylic acids is 1. The van der Waals surface area contributed by atoms with Crippen LogP contribution >= 0.6 is 0 Å². The van der Waals surface area contributed by atoms with Gasteiger partial charge in [0.15, 0.2) is 23.5 Å². The number of anilines is 1. The van der Waals surface area contributed by atoms with Crippen molar-refractivity contribution in [2.24, 2.45) is 10.2 Å². The second-order valence-electron chi connectivity index (χ2n) is 6.64. The van der Waals surface area contributed by atoms with Gasteiger partial charge in [-0.2, -0.15) is 10.2 Å². The molecule has 0 fully saturated rings. The Labute approximate surface area is 174 Å². The van der Waals surface area contributed by atoms with Crippen molar-refractivity contribution in [1.29, 1.82) is 0 Å². The van der Waals surface area contributed by atoms with E-state index >= 15 is 0 Å². The number of methoxy groups -OCH3 is 1. The third kappa shape index (κ3) is 3.39. The normalized spacial score (nSPS) is 17.1. The van der Waals surface area contributed by atoms with E-state index in [0.717, 1.165) is 5.69 Å². The van der Waals surface area contributed by atoms with E-state index in [1.165, 1.54) is 6.07 Å². The Kier molecular flexibility index (Phi) is 4.43. The maximum absolute atomic E-state index is 11.0. The fraction of sp³-hybridized carbons (Fsp3) is 0.158. The lowest BCUT2D eigenvalue weighted by molar-refractivity contribution is 0.0685. The van der Waals surface area contributed by atoms with Crippen LogP contribution in [0.1, 0.15) is 16.2 Å². The van der Waals surface area contributed by atoms with E-state index in [2.05, 4.69) is 36.1 Å². The summed E-state index contributed by atoms with van der Waals surface area (Å²) in [6.45, 7) is 0.446. The topological polar surface area (TPSA) is 150 Å². The standard InChI is InChI=1S/C19H16N8O4/c1-30-10-6-13-18(22-8-10)12(4-5-20-13)21-9-17-24-23-16-3-2-11(25-27(16)17)15-7-14(19(28)29)26-31-15/h2-8,17,24H,9H2,1H3,(H,20,21)(H,28,29). The molecule has 0 spiro atoms. The summed E-state index contributed by atoms with van der Waals surface area (Å²) in [5.74, 6) is 0.340. The zero-order valence-electron chi connectivity index (χ0n) is 16.2. The second-order valence-corrected chi connectivity index (χ2v) is 6.64. The van der Waals surface area contributed by atoms with Gasteiger partial charge in [-0.3, -0.25) is 10.4 Å². The van der Waals surface area contributed by atoms with Gasteiger partial charge in [0.2, 0.25) is 0 Å². The van der Waals surface area contributed by atoms with Crippen LogP contribution in [-0.2, 0) is 0 Å². The van der Waals surface area contributed by atoms with Crippen molar-refractivity contribution < 1.29 is 19.2 Å². The minimum atomic E-state index is -1.17. The molecule has 12 nitrogen and oxygen atoms in total. The Balaban J connectivity index is 1.34. The number of fused-ring (bicyclic) bond motifs is 2. The van der Waals surface area contributed by atoms with Crippen molar-refractivity contribution in [3.8, 4) is 5.75 Å². The lowest BCUT2D eigenvalue weighted by atomic mass is 10.2. The number of ether oxygens (including phenoxy) is 1. The molecule has 0 saturated heterocycles. The van der Waals surface area contributed by atoms with Crippen molar-refractivity contribution in [1.82, 2.24) is 25.6 Å². The van der Waals surface area contributed by atoms with E-state index < -0.39 is 5.97 Å². The first-order valence-corrected chi connectivity index (χ1v) is 9.24. The molecule has 0 saturated carbocycles. The molecular formula is C19H16N8O4. The molecule has 2 aliphatic heterocycles. The minimum Gasteiger partial charge on any atom is -0.495 e. The van der Waals surface area contributed by atoms with Gasteiger partial charge in [0, 0.05) is 18.3 Å². The Morgan fingerprint density at radius 1 is 1.35 bits per heavy atom. The zero-order valence-corrected chi connectivity index (χ0v) is 16.2. The lowest BCUT2D eigenvalue weighted by Crippen LogP contribution is -2.42. The average Bonchev–Trinajstić information content (AvgIpc) is 3.44. The van der Waals surface area contributed by atoms with Crippen LogP contribution in [0.4, 0.5) is 5.69 Å².